The van der Waals surface area contributed by atoms with Gasteiger partial charge in [0, 0.05) is 5.75 Å². The van der Waals surface area contributed by atoms with Crippen LogP contribution in [-0.4, -0.2) is 46.8 Å². The summed E-state index contributed by atoms with van der Waals surface area (Å²) in [6.45, 7) is 4.82. The largest absolute Gasteiger partial charge is 0.480 e. The molecule has 3 atom stereocenters. The summed E-state index contributed by atoms with van der Waals surface area (Å²) in [5.74, 6) is -2.23. The van der Waals surface area contributed by atoms with E-state index < -0.39 is 35.9 Å². The van der Waals surface area contributed by atoms with Crippen LogP contribution in [0.3, 0.4) is 0 Å². The average Bonchev–Trinajstić information content (AvgIpc) is 2.33. The molecule has 0 heterocycles. The molecular weight excluding hydrogens is 270 g/mol. The first kappa shape index (κ1) is 17.7. The summed E-state index contributed by atoms with van der Waals surface area (Å²) in [4.78, 5) is 34.2. The molecule has 0 aliphatic carbocycles. The summed E-state index contributed by atoms with van der Waals surface area (Å²) in [7, 11) is 0. The van der Waals surface area contributed by atoms with Crippen molar-refractivity contribution < 1.29 is 19.5 Å². The van der Waals surface area contributed by atoms with E-state index in [1.165, 1.54) is 6.92 Å². The molecule has 0 aliphatic heterocycles. The van der Waals surface area contributed by atoms with E-state index in [4.69, 9.17) is 10.8 Å². The second-order valence-corrected chi connectivity index (χ2v) is 4.95. The number of amides is 2. The lowest BCUT2D eigenvalue weighted by molar-refractivity contribution is -0.142. The Morgan fingerprint density at radius 1 is 1.16 bits per heavy atom. The SMILES string of the molecule is CC(C)[C@H](NC(=O)[C@@H](N)CS)C(=O)N[C@@H](C)C(=O)O. The number of rotatable bonds is 7. The Bertz CT molecular complexity index is 349. The average molecular weight is 291 g/mol. The van der Waals surface area contributed by atoms with Crippen molar-refractivity contribution in [3.05, 3.63) is 0 Å². The summed E-state index contributed by atoms with van der Waals surface area (Å²) in [5, 5.41) is 13.5. The van der Waals surface area contributed by atoms with Crippen molar-refractivity contribution in [1.29, 1.82) is 0 Å². The molecule has 8 heteroatoms. The molecule has 0 radical (unpaired) electrons. The monoisotopic (exact) mass is 291 g/mol. The third-order valence-corrected chi connectivity index (χ3v) is 2.90. The van der Waals surface area contributed by atoms with Crippen LogP contribution < -0.4 is 16.4 Å². The van der Waals surface area contributed by atoms with Gasteiger partial charge in [-0.05, 0) is 12.8 Å². The van der Waals surface area contributed by atoms with E-state index in [0.717, 1.165) is 0 Å². The van der Waals surface area contributed by atoms with Crippen LogP contribution in [0.5, 0.6) is 0 Å². The number of carboxylic acid groups (broad SMARTS) is 1. The molecule has 0 unspecified atom stereocenters. The van der Waals surface area contributed by atoms with E-state index in [9.17, 15) is 14.4 Å². The molecule has 0 aromatic rings. The van der Waals surface area contributed by atoms with Gasteiger partial charge in [0.1, 0.15) is 12.1 Å². The Balaban J connectivity index is 4.69. The Morgan fingerprint density at radius 3 is 2.05 bits per heavy atom. The van der Waals surface area contributed by atoms with Crippen molar-refractivity contribution in [1.82, 2.24) is 10.6 Å². The Hall–Kier alpha value is -1.28. The first-order chi connectivity index (χ1) is 8.70. The molecule has 7 nitrogen and oxygen atoms in total. The van der Waals surface area contributed by atoms with Crippen LogP contribution >= 0.6 is 12.6 Å². The number of thiol groups is 1. The van der Waals surface area contributed by atoms with Gasteiger partial charge in [0.2, 0.25) is 11.8 Å². The molecule has 0 saturated heterocycles. The molecule has 0 aromatic carbocycles. The number of nitrogens with two attached hydrogens (primary N) is 1. The normalized spacial score (nSPS) is 15.5. The van der Waals surface area contributed by atoms with Gasteiger partial charge < -0.3 is 21.5 Å². The zero-order chi connectivity index (χ0) is 15.2. The highest BCUT2D eigenvalue weighted by molar-refractivity contribution is 7.80. The standard InChI is InChI=1S/C11H21N3O4S/c1-5(2)8(14-9(15)7(12)4-19)10(16)13-6(3)11(17)18/h5-8,19H,4,12H2,1-3H3,(H,13,16)(H,14,15)(H,17,18)/t6-,7-,8-/m0/s1. The van der Waals surface area contributed by atoms with E-state index in [1.54, 1.807) is 13.8 Å². The molecule has 0 bridgehead atoms. The third-order valence-electron chi connectivity index (χ3n) is 2.51. The highest BCUT2D eigenvalue weighted by atomic mass is 32.1. The van der Waals surface area contributed by atoms with Gasteiger partial charge in [-0.25, -0.2) is 0 Å². The van der Waals surface area contributed by atoms with Crippen molar-refractivity contribution in [3.63, 3.8) is 0 Å². The maximum absolute atomic E-state index is 11.9. The van der Waals surface area contributed by atoms with Crippen LogP contribution in [0.25, 0.3) is 0 Å². The van der Waals surface area contributed by atoms with Gasteiger partial charge >= 0.3 is 5.97 Å². The second kappa shape index (κ2) is 8.00. The minimum atomic E-state index is -1.14. The lowest BCUT2D eigenvalue weighted by atomic mass is 10.0. The fourth-order valence-corrected chi connectivity index (χ4v) is 1.41. The number of carbonyl (C=O) groups excluding carboxylic acids is 2. The van der Waals surface area contributed by atoms with E-state index in [0.29, 0.717) is 0 Å². The first-order valence-corrected chi connectivity index (χ1v) is 6.54. The molecular formula is C11H21N3O4S. The topological polar surface area (TPSA) is 122 Å². The summed E-state index contributed by atoms with van der Waals surface area (Å²) in [6, 6.07) is -2.67. The van der Waals surface area contributed by atoms with Gasteiger partial charge in [-0.15, -0.1) is 0 Å². The number of aliphatic carboxylic acids is 1. The number of hydrogen-bond donors (Lipinski definition) is 5. The van der Waals surface area contributed by atoms with Crippen molar-refractivity contribution in [2.24, 2.45) is 11.7 Å². The van der Waals surface area contributed by atoms with Crippen LogP contribution in [0.1, 0.15) is 20.8 Å². The highest BCUT2D eigenvalue weighted by Crippen LogP contribution is 2.03. The predicted octanol–water partition coefficient (Wildman–Crippen LogP) is -1.03. The van der Waals surface area contributed by atoms with Gasteiger partial charge in [0.05, 0.1) is 6.04 Å². The van der Waals surface area contributed by atoms with Crippen LogP contribution in [0.15, 0.2) is 0 Å². The number of carbonyl (C=O) groups is 3. The summed E-state index contributed by atoms with van der Waals surface area (Å²) < 4.78 is 0. The van der Waals surface area contributed by atoms with Gasteiger partial charge in [-0.3, -0.25) is 14.4 Å². The van der Waals surface area contributed by atoms with Crippen LogP contribution in [0, 0.1) is 5.92 Å². The second-order valence-electron chi connectivity index (χ2n) is 4.59. The van der Waals surface area contributed by atoms with E-state index in [1.807, 2.05) is 0 Å². The Labute approximate surface area is 117 Å². The van der Waals surface area contributed by atoms with Gasteiger partial charge in [0.25, 0.3) is 0 Å². The quantitative estimate of drug-likeness (QED) is 0.384. The molecule has 0 saturated carbocycles. The highest BCUT2D eigenvalue weighted by Gasteiger charge is 2.28. The molecule has 0 rings (SSSR count). The maximum atomic E-state index is 11.9. The zero-order valence-corrected chi connectivity index (χ0v) is 12.1. The van der Waals surface area contributed by atoms with Crippen molar-refractivity contribution >= 4 is 30.4 Å². The van der Waals surface area contributed by atoms with Crippen LogP contribution in [0.4, 0.5) is 0 Å². The van der Waals surface area contributed by atoms with E-state index in [-0.39, 0.29) is 11.7 Å². The van der Waals surface area contributed by atoms with Gasteiger partial charge in [0.15, 0.2) is 0 Å². The summed E-state index contributed by atoms with van der Waals surface area (Å²) in [6.07, 6.45) is 0. The van der Waals surface area contributed by atoms with Crippen molar-refractivity contribution in [2.45, 2.75) is 38.9 Å². The molecule has 0 aromatic heterocycles. The third kappa shape index (κ3) is 5.93. The van der Waals surface area contributed by atoms with Gasteiger partial charge in [-0.2, -0.15) is 12.6 Å². The van der Waals surface area contributed by atoms with E-state index >= 15 is 0 Å². The summed E-state index contributed by atoms with van der Waals surface area (Å²) >= 11 is 3.90. The predicted molar refractivity (Wildman–Crippen MR) is 73.8 cm³/mol. The number of carboxylic acids is 1. The van der Waals surface area contributed by atoms with Crippen LogP contribution in [-0.2, 0) is 14.4 Å². The van der Waals surface area contributed by atoms with Crippen molar-refractivity contribution in [2.75, 3.05) is 5.75 Å². The number of hydrogen-bond acceptors (Lipinski definition) is 5. The molecule has 0 fully saturated rings. The Kier molecular flexibility index (Phi) is 7.47. The molecule has 0 aliphatic rings. The molecule has 0 spiro atoms. The fraction of sp³-hybridized carbons (Fsp3) is 0.727. The lowest BCUT2D eigenvalue weighted by Crippen LogP contribution is -2.56. The smallest absolute Gasteiger partial charge is 0.325 e. The van der Waals surface area contributed by atoms with Crippen LogP contribution in [0.2, 0.25) is 0 Å². The fourth-order valence-electron chi connectivity index (χ4n) is 1.24. The number of nitrogens with one attached hydrogen (secondary N) is 2. The minimum Gasteiger partial charge on any atom is -0.480 e. The van der Waals surface area contributed by atoms with E-state index in [2.05, 4.69) is 23.3 Å². The zero-order valence-electron chi connectivity index (χ0n) is 11.2. The molecule has 5 N–H and O–H groups in total. The van der Waals surface area contributed by atoms with Gasteiger partial charge in [-0.1, -0.05) is 13.8 Å². The minimum absolute atomic E-state index is 0.157. The first-order valence-electron chi connectivity index (χ1n) is 5.90. The summed E-state index contributed by atoms with van der Waals surface area (Å²) in [5.41, 5.74) is 5.50. The Morgan fingerprint density at radius 2 is 1.68 bits per heavy atom. The maximum Gasteiger partial charge on any atom is 0.325 e. The lowest BCUT2D eigenvalue weighted by Gasteiger charge is -2.24. The molecule has 2 amide bonds. The molecule has 110 valence electrons. The molecule has 19 heavy (non-hydrogen) atoms. The van der Waals surface area contributed by atoms with Crippen molar-refractivity contribution in [3.8, 4) is 0 Å².